The van der Waals surface area contributed by atoms with Crippen molar-refractivity contribution in [3.8, 4) is 0 Å². The summed E-state index contributed by atoms with van der Waals surface area (Å²) in [5.41, 5.74) is 3.83. The summed E-state index contributed by atoms with van der Waals surface area (Å²) < 4.78 is 5.57. The summed E-state index contributed by atoms with van der Waals surface area (Å²) in [6.45, 7) is 3.90. The van der Waals surface area contributed by atoms with E-state index in [0.29, 0.717) is 25.3 Å². The highest BCUT2D eigenvalue weighted by Crippen LogP contribution is 2.32. The van der Waals surface area contributed by atoms with Crippen LogP contribution in [0.4, 0.5) is 11.4 Å². The van der Waals surface area contributed by atoms with Gasteiger partial charge >= 0.3 is 0 Å². The molecule has 5 nitrogen and oxygen atoms in total. The van der Waals surface area contributed by atoms with Crippen molar-refractivity contribution in [2.24, 2.45) is 0 Å². The third kappa shape index (κ3) is 4.96. The Morgan fingerprint density at radius 2 is 1.43 bits per heavy atom. The molecule has 0 aliphatic heterocycles. The average molecular weight is 376 g/mol. The molecule has 0 bridgehead atoms. The molecular formula is C23H24N2O3. The maximum absolute atomic E-state index is 11.6. The van der Waals surface area contributed by atoms with Crippen LogP contribution in [0.25, 0.3) is 0 Å². The van der Waals surface area contributed by atoms with E-state index in [2.05, 4.69) is 29.2 Å². The van der Waals surface area contributed by atoms with Gasteiger partial charge in [0, 0.05) is 31.5 Å². The normalized spacial score (nSPS) is 10.6. The van der Waals surface area contributed by atoms with Crippen LogP contribution in [0.1, 0.15) is 23.6 Å². The summed E-state index contributed by atoms with van der Waals surface area (Å²) in [4.78, 5) is 13.4. The van der Waals surface area contributed by atoms with Crippen LogP contribution in [0.5, 0.6) is 0 Å². The minimum Gasteiger partial charge on any atom is -0.377 e. The predicted octanol–water partition coefficient (Wildman–Crippen LogP) is 5.34. The number of hydrogen-bond acceptors (Lipinski definition) is 4. The standard InChI is InChI=1S/C23H24N2O3/c1-2-28-18-21-22(14-9-15-23(21)25(26)27)24(16-19-10-5-3-6-11-19)17-20-12-7-4-8-13-20/h3-15H,2,16-18H2,1H3. The van der Waals surface area contributed by atoms with E-state index in [-0.39, 0.29) is 17.2 Å². The summed E-state index contributed by atoms with van der Waals surface area (Å²) in [5.74, 6) is 0. The van der Waals surface area contributed by atoms with Crippen molar-refractivity contribution in [1.82, 2.24) is 0 Å². The SMILES string of the molecule is CCOCc1c(N(Cc2ccccc2)Cc2ccccc2)cccc1[N+](=O)[O-]. The molecule has 3 aromatic carbocycles. The van der Waals surface area contributed by atoms with E-state index >= 15 is 0 Å². The molecule has 0 amide bonds. The van der Waals surface area contributed by atoms with Crippen LogP contribution in [0.15, 0.2) is 78.9 Å². The maximum Gasteiger partial charge on any atom is 0.277 e. The Hall–Kier alpha value is -3.18. The molecule has 0 saturated heterocycles. The van der Waals surface area contributed by atoms with Gasteiger partial charge < -0.3 is 9.64 Å². The number of rotatable bonds is 9. The molecule has 0 atom stereocenters. The molecule has 0 unspecified atom stereocenters. The Morgan fingerprint density at radius 1 is 0.857 bits per heavy atom. The lowest BCUT2D eigenvalue weighted by atomic mass is 10.1. The number of nitrogens with zero attached hydrogens (tertiary/aromatic N) is 2. The van der Waals surface area contributed by atoms with Gasteiger partial charge in [-0.3, -0.25) is 10.1 Å². The maximum atomic E-state index is 11.6. The molecule has 0 aliphatic carbocycles. The number of nitro benzene ring substituents is 1. The van der Waals surface area contributed by atoms with E-state index in [1.54, 1.807) is 12.1 Å². The zero-order valence-corrected chi connectivity index (χ0v) is 16.0. The quantitative estimate of drug-likeness (QED) is 0.374. The van der Waals surface area contributed by atoms with Crippen LogP contribution >= 0.6 is 0 Å². The van der Waals surface area contributed by atoms with Gasteiger partial charge in [-0.25, -0.2) is 0 Å². The monoisotopic (exact) mass is 376 g/mol. The summed E-state index contributed by atoms with van der Waals surface area (Å²) in [6.07, 6.45) is 0. The zero-order chi connectivity index (χ0) is 19.8. The van der Waals surface area contributed by atoms with E-state index in [1.807, 2.05) is 49.4 Å². The third-order valence-corrected chi connectivity index (χ3v) is 4.55. The summed E-state index contributed by atoms with van der Waals surface area (Å²) in [7, 11) is 0. The van der Waals surface area contributed by atoms with Crippen LogP contribution in [0, 0.1) is 10.1 Å². The second-order valence-corrected chi connectivity index (χ2v) is 6.50. The number of ether oxygens (including phenoxy) is 1. The van der Waals surface area contributed by atoms with E-state index in [4.69, 9.17) is 4.74 Å². The fraction of sp³-hybridized carbons (Fsp3) is 0.217. The van der Waals surface area contributed by atoms with Gasteiger partial charge in [0.05, 0.1) is 17.1 Å². The van der Waals surface area contributed by atoms with Gasteiger partial charge in [0.15, 0.2) is 0 Å². The molecule has 0 N–H and O–H groups in total. The highest BCUT2D eigenvalue weighted by atomic mass is 16.6. The largest absolute Gasteiger partial charge is 0.377 e. The topological polar surface area (TPSA) is 55.6 Å². The summed E-state index contributed by atoms with van der Waals surface area (Å²) >= 11 is 0. The van der Waals surface area contributed by atoms with E-state index in [9.17, 15) is 10.1 Å². The molecule has 0 fully saturated rings. The van der Waals surface area contributed by atoms with Crippen molar-refractivity contribution in [3.05, 3.63) is 106 Å². The van der Waals surface area contributed by atoms with Crippen LogP contribution in [0.3, 0.4) is 0 Å². The molecule has 0 saturated carbocycles. The zero-order valence-electron chi connectivity index (χ0n) is 16.0. The molecule has 0 aliphatic rings. The molecule has 0 aromatic heterocycles. The van der Waals surface area contributed by atoms with Gasteiger partial charge in [0.25, 0.3) is 5.69 Å². The second kappa shape index (κ2) is 9.67. The molecule has 0 spiro atoms. The first-order valence-electron chi connectivity index (χ1n) is 9.36. The van der Waals surface area contributed by atoms with Crippen molar-refractivity contribution < 1.29 is 9.66 Å². The van der Waals surface area contributed by atoms with E-state index in [0.717, 1.165) is 16.8 Å². The van der Waals surface area contributed by atoms with Gasteiger partial charge in [-0.1, -0.05) is 66.7 Å². The fourth-order valence-corrected chi connectivity index (χ4v) is 3.22. The van der Waals surface area contributed by atoms with Crippen molar-refractivity contribution in [2.45, 2.75) is 26.6 Å². The molecule has 28 heavy (non-hydrogen) atoms. The number of nitro groups is 1. The molecule has 144 valence electrons. The minimum absolute atomic E-state index is 0.0945. The predicted molar refractivity (Wildman–Crippen MR) is 111 cm³/mol. The highest BCUT2D eigenvalue weighted by Gasteiger charge is 2.21. The fourth-order valence-electron chi connectivity index (χ4n) is 3.22. The molecule has 3 rings (SSSR count). The Bertz CT molecular complexity index is 857. The Morgan fingerprint density at radius 3 is 1.93 bits per heavy atom. The minimum atomic E-state index is -0.332. The summed E-state index contributed by atoms with van der Waals surface area (Å²) in [6, 6.07) is 25.5. The van der Waals surface area contributed by atoms with Crippen LogP contribution in [-0.2, 0) is 24.4 Å². The lowest BCUT2D eigenvalue weighted by Crippen LogP contribution is -2.24. The first-order chi connectivity index (χ1) is 13.7. The van der Waals surface area contributed by atoms with Gasteiger partial charge in [0.1, 0.15) is 0 Å². The molecular weight excluding hydrogens is 352 g/mol. The van der Waals surface area contributed by atoms with Crippen molar-refractivity contribution >= 4 is 11.4 Å². The summed E-state index contributed by atoms with van der Waals surface area (Å²) in [5, 5.41) is 11.6. The highest BCUT2D eigenvalue weighted by molar-refractivity contribution is 5.62. The number of hydrogen-bond donors (Lipinski definition) is 0. The number of anilines is 1. The first kappa shape index (κ1) is 19.6. The van der Waals surface area contributed by atoms with Gasteiger partial charge in [0.2, 0.25) is 0 Å². The van der Waals surface area contributed by atoms with Crippen molar-refractivity contribution in [3.63, 3.8) is 0 Å². The second-order valence-electron chi connectivity index (χ2n) is 6.50. The van der Waals surface area contributed by atoms with E-state index < -0.39 is 0 Å². The Labute approximate surface area is 165 Å². The third-order valence-electron chi connectivity index (χ3n) is 4.55. The van der Waals surface area contributed by atoms with Crippen LogP contribution in [-0.4, -0.2) is 11.5 Å². The lowest BCUT2D eigenvalue weighted by Gasteiger charge is -2.27. The van der Waals surface area contributed by atoms with E-state index in [1.165, 1.54) is 0 Å². The smallest absolute Gasteiger partial charge is 0.277 e. The molecule has 3 aromatic rings. The molecule has 0 heterocycles. The molecule has 5 heteroatoms. The Kier molecular flexibility index (Phi) is 6.76. The molecule has 0 radical (unpaired) electrons. The van der Waals surface area contributed by atoms with Gasteiger partial charge in [-0.15, -0.1) is 0 Å². The number of benzene rings is 3. The van der Waals surface area contributed by atoms with Crippen molar-refractivity contribution in [1.29, 1.82) is 0 Å². The van der Waals surface area contributed by atoms with Crippen LogP contribution < -0.4 is 4.90 Å². The Balaban J connectivity index is 2.03. The van der Waals surface area contributed by atoms with Gasteiger partial charge in [-0.2, -0.15) is 0 Å². The van der Waals surface area contributed by atoms with Gasteiger partial charge in [-0.05, 0) is 24.1 Å². The lowest BCUT2D eigenvalue weighted by molar-refractivity contribution is -0.385. The average Bonchev–Trinajstić information content (AvgIpc) is 2.73. The van der Waals surface area contributed by atoms with Crippen molar-refractivity contribution in [2.75, 3.05) is 11.5 Å². The van der Waals surface area contributed by atoms with Crippen LogP contribution in [0.2, 0.25) is 0 Å². The first-order valence-corrected chi connectivity index (χ1v) is 9.36.